The summed E-state index contributed by atoms with van der Waals surface area (Å²) >= 11 is 0. The number of pyridine rings is 1. The van der Waals surface area contributed by atoms with Gasteiger partial charge >= 0.3 is 0 Å². The Morgan fingerprint density at radius 1 is 1.62 bits per heavy atom. The Morgan fingerprint density at radius 3 is 3.12 bits per heavy atom. The normalized spacial score (nSPS) is 20.1. The first-order chi connectivity index (χ1) is 7.72. The highest BCUT2D eigenvalue weighted by molar-refractivity contribution is 5.94. The lowest BCUT2D eigenvalue weighted by Crippen LogP contribution is -2.35. The molecule has 1 unspecified atom stereocenters. The van der Waals surface area contributed by atoms with Crippen molar-refractivity contribution in [3.05, 3.63) is 24.0 Å². The van der Waals surface area contributed by atoms with E-state index in [4.69, 9.17) is 0 Å². The minimum atomic E-state index is -0.0206. The molecule has 0 saturated carbocycles. The molecule has 4 nitrogen and oxygen atoms in total. The van der Waals surface area contributed by atoms with E-state index in [1.165, 1.54) is 18.5 Å². The van der Waals surface area contributed by atoms with Crippen LogP contribution in [-0.4, -0.2) is 33.5 Å². The Hall–Kier alpha value is -1.58. The van der Waals surface area contributed by atoms with Gasteiger partial charge in [0.2, 0.25) is 0 Å². The third-order valence-electron chi connectivity index (χ3n) is 3.08. The summed E-state index contributed by atoms with van der Waals surface area (Å²) in [5.74, 6) is 0.0193. The van der Waals surface area contributed by atoms with Crippen LogP contribution in [0, 0.1) is 0 Å². The van der Waals surface area contributed by atoms with Crippen LogP contribution in [0.3, 0.4) is 0 Å². The Morgan fingerprint density at radius 2 is 2.44 bits per heavy atom. The van der Waals surface area contributed by atoms with E-state index < -0.39 is 0 Å². The third kappa shape index (κ3) is 2.01. The fourth-order valence-electron chi connectivity index (χ4n) is 2.24. The Labute approximate surface area is 94.9 Å². The van der Waals surface area contributed by atoms with Crippen LogP contribution in [0.1, 0.15) is 36.5 Å². The number of amides is 1. The molecule has 16 heavy (non-hydrogen) atoms. The van der Waals surface area contributed by atoms with E-state index >= 15 is 0 Å². The van der Waals surface area contributed by atoms with Crippen LogP contribution in [0.5, 0.6) is 5.75 Å². The van der Waals surface area contributed by atoms with Crippen LogP contribution in [0.15, 0.2) is 18.5 Å². The van der Waals surface area contributed by atoms with Gasteiger partial charge in [0.25, 0.3) is 5.91 Å². The maximum atomic E-state index is 12.1. The Kier molecular flexibility index (Phi) is 3.08. The molecular formula is C12H16N2O2. The smallest absolute Gasteiger partial charge is 0.255 e. The molecule has 86 valence electrons. The number of hydrogen-bond donors (Lipinski definition) is 1. The lowest BCUT2D eigenvalue weighted by molar-refractivity contribution is 0.0733. The van der Waals surface area contributed by atoms with E-state index in [0.29, 0.717) is 11.6 Å². The topological polar surface area (TPSA) is 53.4 Å². The minimum Gasteiger partial charge on any atom is -0.506 e. The quantitative estimate of drug-likeness (QED) is 0.826. The first-order valence-electron chi connectivity index (χ1n) is 5.67. The number of hydrogen-bond acceptors (Lipinski definition) is 3. The number of likely N-dealkylation sites (tertiary alicyclic amines) is 1. The number of nitrogens with zero attached hydrogens (tertiary/aromatic N) is 2. The van der Waals surface area contributed by atoms with E-state index in [-0.39, 0.29) is 11.7 Å². The van der Waals surface area contributed by atoms with Crippen molar-refractivity contribution in [2.45, 2.75) is 32.2 Å². The predicted molar refractivity (Wildman–Crippen MR) is 60.3 cm³/mol. The van der Waals surface area contributed by atoms with Crippen molar-refractivity contribution in [3.63, 3.8) is 0 Å². The zero-order chi connectivity index (χ0) is 11.5. The van der Waals surface area contributed by atoms with Gasteiger partial charge in [0.15, 0.2) is 0 Å². The number of rotatable bonds is 2. The Bertz CT molecular complexity index is 392. The molecule has 1 aliphatic rings. The molecule has 1 saturated heterocycles. The molecule has 1 fully saturated rings. The Balaban J connectivity index is 2.18. The molecule has 1 atom stereocenters. The third-order valence-corrected chi connectivity index (χ3v) is 3.08. The summed E-state index contributed by atoms with van der Waals surface area (Å²) in [6.07, 6.45) is 5.97. The van der Waals surface area contributed by atoms with Crippen LogP contribution >= 0.6 is 0 Å². The van der Waals surface area contributed by atoms with Crippen LogP contribution in [0.4, 0.5) is 0 Å². The number of aromatic hydroxyl groups is 1. The molecule has 1 aliphatic heterocycles. The maximum Gasteiger partial charge on any atom is 0.255 e. The van der Waals surface area contributed by atoms with Crippen molar-refractivity contribution in [1.82, 2.24) is 9.88 Å². The van der Waals surface area contributed by atoms with Crippen molar-refractivity contribution < 1.29 is 9.90 Å². The van der Waals surface area contributed by atoms with Crippen LogP contribution in [-0.2, 0) is 0 Å². The largest absolute Gasteiger partial charge is 0.506 e. The number of aromatic nitrogens is 1. The zero-order valence-corrected chi connectivity index (χ0v) is 9.39. The molecule has 1 aromatic rings. The summed E-state index contributed by atoms with van der Waals surface area (Å²) in [4.78, 5) is 17.9. The molecule has 0 radical (unpaired) electrons. The summed E-state index contributed by atoms with van der Waals surface area (Å²) in [6.45, 7) is 2.91. The predicted octanol–water partition coefficient (Wildman–Crippen LogP) is 1.80. The van der Waals surface area contributed by atoms with Gasteiger partial charge in [-0.3, -0.25) is 9.78 Å². The van der Waals surface area contributed by atoms with Crippen molar-refractivity contribution in [2.24, 2.45) is 0 Å². The van der Waals surface area contributed by atoms with Gasteiger partial charge in [0.05, 0.1) is 11.8 Å². The SMILES string of the molecule is CCC1CCCN1C(=O)c1cncc(O)c1. The lowest BCUT2D eigenvalue weighted by Gasteiger charge is -2.23. The summed E-state index contributed by atoms with van der Waals surface area (Å²) in [7, 11) is 0. The van der Waals surface area contributed by atoms with Crippen molar-refractivity contribution in [1.29, 1.82) is 0 Å². The summed E-state index contributed by atoms with van der Waals surface area (Å²) in [5, 5.41) is 9.29. The summed E-state index contributed by atoms with van der Waals surface area (Å²) in [5.41, 5.74) is 0.473. The van der Waals surface area contributed by atoms with Crippen LogP contribution < -0.4 is 0 Å². The van der Waals surface area contributed by atoms with Crippen molar-refractivity contribution >= 4 is 5.91 Å². The fourth-order valence-corrected chi connectivity index (χ4v) is 2.24. The average Bonchev–Trinajstić information content (AvgIpc) is 2.76. The fraction of sp³-hybridized carbons (Fsp3) is 0.500. The minimum absolute atomic E-state index is 0.0206. The molecule has 0 spiro atoms. The first kappa shape index (κ1) is 10.9. The molecule has 2 rings (SSSR count). The van der Waals surface area contributed by atoms with Gasteiger partial charge in [0, 0.05) is 18.8 Å². The second-order valence-corrected chi connectivity index (χ2v) is 4.13. The summed E-state index contributed by atoms with van der Waals surface area (Å²) in [6, 6.07) is 1.82. The molecule has 1 aromatic heterocycles. The van der Waals surface area contributed by atoms with Gasteiger partial charge in [-0.25, -0.2) is 0 Å². The van der Waals surface area contributed by atoms with Gasteiger partial charge in [-0.1, -0.05) is 6.92 Å². The first-order valence-corrected chi connectivity index (χ1v) is 5.67. The molecule has 1 N–H and O–H groups in total. The van der Waals surface area contributed by atoms with Gasteiger partial charge in [-0.15, -0.1) is 0 Å². The average molecular weight is 220 g/mol. The number of carbonyl (C=O) groups is 1. The van der Waals surface area contributed by atoms with E-state index in [1.807, 2.05) is 4.90 Å². The van der Waals surface area contributed by atoms with Crippen LogP contribution in [0.2, 0.25) is 0 Å². The molecule has 0 aromatic carbocycles. The van der Waals surface area contributed by atoms with E-state index in [9.17, 15) is 9.90 Å². The highest BCUT2D eigenvalue weighted by atomic mass is 16.3. The van der Waals surface area contributed by atoms with Gasteiger partial charge in [0.1, 0.15) is 5.75 Å². The molecule has 0 aliphatic carbocycles. The molecule has 2 heterocycles. The van der Waals surface area contributed by atoms with E-state index in [0.717, 1.165) is 25.8 Å². The highest BCUT2D eigenvalue weighted by Gasteiger charge is 2.28. The second-order valence-electron chi connectivity index (χ2n) is 4.13. The molecule has 1 amide bonds. The second kappa shape index (κ2) is 4.51. The maximum absolute atomic E-state index is 12.1. The monoisotopic (exact) mass is 220 g/mol. The molecular weight excluding hydrogens is 204 g/mol. The lowest BCUT2D eigenvalue weighted by atomic mass is 10.1. The van der Waals surface area contributed by atoms with E-state index in [2.05, 4.69) is 11.9 Å². The van der Waals surface area contributed by atoms with Crippen LogP contribution in [0.25, 0.3) is 0 Å². The number of carbonyl (C=O) groups excluding carboxylic acids is 1. The van der Waals surface area contributed by atoms with Crippen molar-refractivity contribution in [2.75, 3.05) is 6.54 Å². The van der Waals surface area contributed by atoms with Gasteiger partial charge in [-0.05, 0) is 25.3 Å². The van der Waals surface area contributed by atoms with Crippen molar-refractivity contribution in [3.8, 4) is 5.75 Å². The zero-order valence-electron chi connectivity index (χ0n) is 9.39. The van der Waals surface area contributed by atoms with E-state index in [1.54, 1.807) is 0 Å². The standard InChI is InChI=1S/C12H16N2O2/c1-2-10-4-3-5-14(10)12(16)9-6-11(15)8-13-7-9/h6-8,10,15H,2-5H2,1H3. The summed E-state index contributed by atoms with van der Waals surface area (Å²) < 4.78 is 0. The van der Waals surface area contributed by atoms with Gasteiger partial charge < -0.3 is 10.0 Å². The highest BCUT2D eigenvalue weighted by Crippen LogP contribution is 2.22. The molecule has 0 bridgehead atoms. The molecule has 4 heteroatoms. The van der Waals surface area contributed by atoms with Gasteiger partial charge in [-0.2, -0.15) is 0 Å².